The summed E-state index contributed by atoms with van der Waals surface area (Å²) in [7, 11) is 1.74. The van der Waals surface area contributed by atoms with E-state index in [1.807, 2.05) is 60.7 Å². The Hall–Kier alpha value is -3.41. The third-order valence-electron chi connectivity index (χ3n) is 4.13. The highest BCUT2D eigenvalue weighted by Crippen LogP contribution is 2.19. The molecule has 2 amide bonds. The summed E-state index contributed by atoms with van der Waals surface area (Å²) in [6.07, 6.45) is 0.344. The highest BCUT2D eigenvalue weighted by Gasteiger charge is 2.19. The van der Waals surface area contributed by atoms with E-state index in [4.69, 9.17) is 0 Å². The van der Waals surface area contributed by atoms with Crippen LogP contribution in [0.2, 0.25) is 0 Å². The maximum Gasteiger partial charge on any atom is 0.274 e. The molecular formula is C21H22N4O2. The molecule has 6 nitrogen and oxygen atoms in total. The van der Waals surface area contributed by atoms with Crippen LogP contribution in [0.1, 0.15) is 29.4 Å². The largest absolute Gasteiger partial charge is 0.336 e. The fourth-order valence-corrected chi connectivity index (χ4v) is 2.70. The van der Waals surface area contributed by atoms with Gasteiger partial charge in [-0.05, 0) is 17.7 Å². The number of benzene rings is 2. The second kappa shape index (κ2) is 8.31. The summed E-state index contributed by atoms with van der Waals surface area (Å²) in [5.41, 5.74) is 2.09. The average molecular weight is 362 g/mol. The molecule has 1 aromatic heterocycles. The Morgan fingerprint density at radius 1 is 1.04 bits per heavy atom. The fourth-order valence-electron chi connectivity index (χ4n) is 2.70. The van der Waals surface area contributed by atoms with Crippen molar-refractivity contribution in [2.75, 3.05) is 12.4 Å². The molecule has 0 fully saturated rings. The van der Waals surface area contributed by atoms with Crippen LogP contribution in [0.4, 0.5) is 5.82 Å². The Bertz CT molecular complexity index is 920. The lowest BCUT2D eigenvalue weighted by molar-refractivity contribution is -0.115. The quantitative estimate of drug-likeness (QED) is 0.730. The minimum atomic E-state index is -0.208. The number of aromatic nitrogens is 2. The van der Waals surface area contributed by atoms with Crippen molar-refractivity contribution in [1.82, 2.24) is 14.7 Å². The summed E-state index contributed by atoms with van der Waals surface area (Å²) in [5.74, 6) is 0.133. The van der Waals surface area contributed by atoms with Gasteiger partial charge in [0.25, 0.3) is 5.91 Å². The molecule has 3 rings (SSSR count). The molecule has 0 aliphatic carbocycles. The third-order valence-corrected chi connectivity index (χ3v) is 4.13. The molecule has 1 N–H and O–H groups in total. The molecule has 0 bridgehead atoms. The first kappa shape index (κ1) is 18.4. The lowest BCUT2D eigenvalue weighted by atomic mass is 10.2. The number of hydrogen-bond donors (Lipinski definition) is 1. The first-order valence-electron chi connectivity index (χ1n) is 8.83. The minimum absolute atomic E-state index is 0.135. The first-order valence-corrected chi connectivity index (χ1v) is 8.83. The van der Waals surface area contributed by atoms with Gasteiger partial charge in [-0.3, -0.25) is 9.59 Å². The van der Waals surface area contributed by atoms with Crippen LogP contribution in [0.5, 0.6) is 0 Å². The van der Waals surface area contributed by atoms with Crippen molar-refractivity contribution in [2.45, 2.75) is 19.9 Å². The minimum Gasteiger partial charge on any atom is -0.336 e. The van der Waals surface area contributed by atoms with E-state index in [2.05, 4.69) is 10.4 Å². The van der Waals surface area contributed by atoms with Crippen LogP contribution in [-0.4, -0.2) is 33.5 Å². The number of carbonyl (C=O) groups excluding carboxylic acids is 2. The lowest BCUT2D eigenvalue weighted by Crippen LogP contribution is -2.26. The number of rotatable bonds is 6. The average Bonchev–Trinajstić information content (AvgIpc) is 3.12. The van der Waals surface area contributed by atoms with Crippen LogP contribution in [0.25, 0.3) is 5.69 Å². The van der Waals surface area contributed by atoms with E-state index in [0.717, 1.165) is 11.3 Å². The number of nitrogens with zero attached hydrogens (tertiary/aromatic N) is 3. The molecule has 0 saturated carbocycles. The fraction of sp³-hybridized carbons (Fsp3) is 0.190. The number of anilines is 1. The van der Waals surface area contributed by atoms with Gasteiger partial charge in [-0.15, -0.1) is 0 Å². The molecule has 0 saturated heterocycles. The third kappa shape index (κ3) is 4.41. The predicted molar refractivity (Wildman–Crippen MR) is 105 cm³/mol. The molecule has 27 heavy (non-hydrogen) atoms. The monoisotopic (exact) mass is 362 g/mol. The molecule has 0 aliphatic heterocycles. The summed E-state index contributed by atoms with van der Waals surface area (Å²) < 4.78 is 1.58. The number of carbonyl (C=O) groups is 2. The van der Waals surface area contributed by atoms with Crippen molar-refractivity contribution >= 4 is 17.6 Å². The summed E-state index contributed by atoms with van der Waals surface area (Å²) in [6.45, 7) is 2.26. The standard InChI is InChI=1S/C21H22N4O2/c1-3-20(26)22-19-14-18(23-25(19)17-12-8-5-9-13-17)21(27)24(2)15-16-10-6-4-7-11-16/h4-14H,3,15H2,1-2H3,(H,22,26). The van der Waals surface area contributed by atoms with Crippen LogP contribution in [0.3, 0.4) is 0 Å². The normalized spacial score (nSPS) is 10.4. The van der Waals surface area contributed by atoms with E-state index < -0.39 is 0 Å². The molecule has 1 heterocycles. The second-order valence-electron chi connectivity index (χ2n) is 6.21. The van der Waals surface area contributed by atoms with Crippen molar-refractivity contribution in [3.8, 4) is 5.69 Å². The van der Waals surface area contributed by atoms with Crippen molar-refractivity contribution in [1.29, 1.82) is 0 Å². The van der Waals surface area contributed by atoms with Gasteiger partial charge < -0.3 is 10.2 Å². The maximum absolute atomic E-state index is 12.8. The van der Waals surface area contributed by atoms with Gasteiger partial charge in [0.2, 0.25) is 5.91 Å². The SMILES string of the molecule is CCC(=O)Nc1cc(C(=O)N(C)Cc2ccccc2)nn1-c1ccccc1. The zero-order chi connectivity index (χ0) is 19.2. The van der Waals surface area contributed by atoms with Crippen molar-refractivity contribution in [3.05, 3.63) is 78.0 Å². The van der Waals surface area contributed by atoms with Gasteiger partial charge >= 0.3 is 0 Å². The van der Waals surface area contributed by atoms with Gasteiger partial charge in [-0.1, -0.05) is 55.5 Å². The zero-order valence-corrected chi connectivity index (χ0v) is 15.4. The predicted octanol–water partition coefficient (Wildman–Crippen LogP) is 3.49. The molecule has 0 unspecified atom stereocenters. The Morgan fingerprint density at radius 2 is 1.67 bits per heavy atom. The lowest BCUT2D eigenvalue weighted by Gasteiger charge is -2.15. The van der Waals surface area contributed by atoms with E-state index in [1.54, 1.807) is 29.6 Å². The number of para-hydroxylation sites is 1. The smallest absolute Gasteiger partial charge is 0.274 e. The van der Waals surface area contributed by atoms with Gasteiger partial charge in [-0.2, -0.15) is 5.10 Å². The van der Waals surface area contributed by atoms with Crippen molar-refractivity contribution in [3.63, 3.8) is 0 Å². The van der Waals surface area contributed by atoms with E-state index in [-0.39, 0.29) is 17.5 Å². The van der Waals surface area contributed by atoms with Crippen molar-refractivity contribution < 1.29 is 9.59 Å². The van der Waals surface area contributed by atoms with Gasteiger partial charge in [0.15, 0.2) is 5.69 Å². The van der Waals surface area contributed by atoms with Crippen LogP contribution < -0.4 is 5.32 Å². The van der Waals surface area contributed by atoms with Gasteiger partial charge in [0.1, 0.15) is 5.82 Å². The Balaban J connectivity index is 1.88. The van der Waals surface area contributed by atoms with Crippen LogP contribution in [-0.2, 0) is 11.3 Å². The molecule has 3 aromatic rings. The Morgan fingerprint density at radius 3 is 2.30 bits per heavy atom. The molecule has 0 atom stereocenters. The molecule has 138 valence electrons. The molecule has 0 spiro atoms. The van der Waals surface area contributed by atoms with E-state index in [0.29, 0.717) is 18.8 Å². The van der Waals surface area contributed by atoms with Crippen LogP contribution >= 0.6 is 0 Å². The van der Waals surface area contributed by atoms with E-state index >= 15 is 0 Å². The second-order valence-corrected chi connectivity index (χ2v) is 6.21. The number of amides is 2. The van der Waals surface area contributed by atoms with Gasteiger partial charge in [0, 0.05) is 26.1 Å². The van der Waals surface area contributed by atoms with Gasteiger partial charge in [0.05, 0.1) is 5.69 Å². The van der Waals surface area contributed by atoms with E-state index in [1.165, 1.54) is 0 Å². The summed E-state index contributed by atoms with van der Waals surface area (Å²) in [4.78, 5) is 26.3. The Labute approximate surface area is 158 Å². The summed E-state index contributed by atoms with van der Waals surface area (Å²) >= 11 is 0. The molecule has 0 aliphatic rings. The number of hydrogen-bond acceptors (Lipinski definition) is 3. The highest BCUT2D eigenvalue weighted by molar-refractivity contribution is 5.95. The molecule has 6 heteroatoms. The van der Waals surface area contributed by atoms with Crippen molar-refractivity contribution in [2.24, 2.45) is 0 Å². The summed E-state index contributed by atoms with van der Waals surface area (Å²) in [6, 6.07) is 20.8. The molecule has 2 aromatic carbocycles. The molecule has 0 radical (unpaired) electrons. The first-order chi connectivity index (χ1) is 13.1. The van der Waals surface area contributed by atoms with Crippen LogP contribution in [0, 0.1) is 0 Å². The van der Waals surface area contributed by atoms with E-state index in [9.17, 15) is 9.59 Å². The maximum atomic E-state index is 12.8. The topological polar surface area (TPSA) is 67.2 Å². The van der Waals surface area contributed by atoms with Gasteiger partial charge in [-0.25, -0.2) is 4.68 Å². The number of nitrogens with one attached hydrogen (secondary N) is 1. The Kier molecular flexibility index (Phi) is 5.66. The summed E-state index contributed by atoms with van der Waals surface area (Å²) in [5, 5.41) is 7.25. The zero-order valence-electron chi connectivity index (χ0n) is 15.4. The van der Waals surface area contributed by atoms with Crippen LogP contribution in [0.15, 0.2) is 66.7 Å². The highest BCUT2D eigenvalue weighted by atomic mass is 16.2. The molecular weight excluding hydrogens is 340 g/mol.